The number of benzene rings is 2. The molecule has 5 nitrogen and oxygen atoms in total. The van der Waals surface area contributed by atoms with Crippen LogP contribution in [0.25, 0.3) is 28.6 Å². The van der Waals surface area contributed by atoms with Crippen molar-refractivity contribution < 1.29 is 4.42 Å². The van der Waals surface area contributed by atoms with Crippen molar-refractivity contribution in [3.05, 3.63) is 72.6 Å². The Hall–Kier alpha value is -3.21. The van der Waals surface area contributed by atoms with Crippen molar-refractivity contribution in [1.29, 1.82) is 0 Å². The van der Waals surface area contributed by atoms with Crippen molar-refractivity contribution in [2.45, 2.75) is 6.92 Å². The molecule has 23 heavy (non-hydrogen) atoms. The predicted octanol–water partition coefficient (Wildman–Crippen LogP) is 3.90. The maximum atomic E-state index is 5.77. The van der Waals surface area contributed by atoms with Crippen molar-refractivity contribution in [3.63, 3.8) is 0 Å². The summed E-state index contributed by atoms with van der Waals surface area (Å²) >= 11 is 0. The van der Waals surface area contributed by atoms with Gasteiger partial charge in [-0.1, -0.05) is 35.9 Å². The first-order valence-electron chi connectivity index (χ1n) is 7.30. The number of hydrogen-bond acceptors (Lipinski definition) is 4. The average Bonchev–Trinajstić information content (AvgIpc) is 3.26. The summed E-state index contributed by atoms with van der Waals surface area (Å²) in [5.74, 6) is 0.968. The van der Waals surface area contributed by atoms with E-state index in [0.29, 0.717) is 11.8 Å². The normalized spacial score (nSPS) is 10.8. The average molecular weight is 302 g/mol. The molecule has 0 N–H and O–H groups in total. The minimum atomic E-state index is 0.461. The van der Waals surface area contributed by atoms with Crippen molar-refractivity contribution in [1.82, 2.24) is 20.0 Å². The van der Waals surface area contributed by atoms with Gasteiger partial charge in [-0.2, -0.15) is 5.10 Å². The SMILES string of the molecule is Cc1ccc(-c2nnc(-c3cnn(-c4ccccc4)c3)o2)cc1. The molecule has 4 aromatic rings. The molecule has 0 spiro atoms. The van der Waals surface area contributed by atoms with E-state index in [1.807, 2.05) is 67.7 Å². The second-order valence-electron chi connectivity index (χ2n) is 5.29. The van der Waals surface area contributed by atoms with Crippen LogP contribution in [0.4, 0.5) is 0 Å². The highest BCUT2D eigenvalue weighted by atomic mass is 16.4. The Labute approximate surface area is 133 Å². The number of hydrogen-bond donors (Lipinski definition) is 0. The largest absolute Gasteiger partial charge is 0.416 e. The molecule has 0 atom stereocenters. The van der Waals surface area contributed by atoms with Gasteiger partial charge in [-0.05, 0) is 31.2 Å². The van der Waals surface area contributed by atoms with Gasteiger partial charge in [0.2, 0.25) is 5.89 Å². The molecule has 0 saturated carbocycles. The Morgan fingerprint density at radius 3 is 2.26 bits per heavy atom. The van der Waals surface area contributed by atoms with E-state index in [1.54, 1.807) is 10.9 Å². The van der Waals surface area contributed by atoms with Crippen molar-refractivity contribution in [2.24, 2.45) is 0 Å². The summed E-state index contributed by atoms with van der Waals surface area (Å²) in [5.41, 5.74) is 3.87. The lowest BCUT2D eigenvalue weighted by Crippen LogP contribution is -1.92. The second-order valence-corrected chi connectivity index (χ2v) is 5.29. The van der Waals surface area contributed by atoms with Crippen LogP contribution < -0.4 is 0 Å². The highest BCUT2D eigenvalue weighted by molar-refractivity contribution is 5.57. The molecule has 5 heteroatoms. The summed E-state index contributed by atoms with van der Waals surface area (Å²) in [6, 6.07) is 17.9. The maximum Gasteiger partial charge on any atom is 0.251 e. The lowest BCUT2D eigenvalue weighted by Gasteiger charge is -1.98. The number of aromatic nitrogens is 4. The molecule has 4 rings (SSSR count). The zero-order valence-electron chi connectivity index (χ0n) is 12.5. The van der Waals surface area contributed by atoms with Crippen LogP contribution in [0.5, 0.6) is 0 Å². The van der Waals surface area contributed by atoms with E-state index in [4.69, 9.17) is 4.42 Å². The van der Waals surface area contributed by atoms with Gasteiger partial charge in [-0.25, -0.2) is 4.68 Å². The van der Waals surface area contributed by atoms with Gasteiger partial charge < -0.3 is 4.42 Å². The van der Waals surface area contributed by atoms with E-state index in [-0.39, 0.29) is 0 Å². The summed E-state index contributed by atoms with van der Waals surface area (Å²) in [5, 5.41) is 12.6. The molecule has 2 aromatic carbocycles. The van der Waals surface area contributed by atoms with E-state index in [1.165, 1.54) is 5.56 Å². The van der Waals surface area contributed by atoms with Gasteiger partial charge in [0.05, 0.1) is 17.4 Å². The zero-order valence-corrected chi connectivity index (χ0v) is 12.5. The smallest absolute Gasteiger partial charge is 0.251 e. The molecular weight excluding hydrogens is 288 g/mol. The van der Waals surface area contributed by atoms with Gasteiger partial charge in [0.25, 0.3) is 5.89 Å². The van der Waals surface area contributed by atoms with E-state index >= 15 is 0 Å². The quantitative estimate of drug-likeness (QED) is 0.576. The monoisotopic (exact) mass is 302 g/mol. The highest BCUT2D eigenvalue weighted by Crippen LogP contribution is 2.24. The molecule has 2 heterocycles. The lowest BCUT2D eigenvalue weighted by molar-refractivity contribution is 0.584. The maximum absolute atomic E-state index is 5.77. The van der Waals surface area contributed by atoms with Gasteiger partial charge in [0.15, 0.2) is 0 Å². The van der Waals surface area contributed by atoms with E-state index in [9.17, 15) is 0 Å². The lowest BCUT2D eigenvalue weighted by atomic mass is 10.1. The van der Waals surface area contributed by atoms with Crippen LogP contribution >= 0.6 is 0 Å². The van der Waals surface area contributed by atoms with Gasteiger partial charge in [-0.15, -0.1) is 10.2 Å². The third kappa shape index (κ3) is 2.64. The van der Waals surface area contributed by atoms with Gasteiger partial charge >= 0.3 is 0 Å². The van der Waals surface area contributed by atoms with Crippen LogP contribution in [-0.2, 0) is 0 Å². The first-order chi connectivity index (χ1) is 11.3. The number of rotatable bonds is 3. The van der Waals surface area contributed by atoms with Gasteiger partial charge in [0, 0.05) is 11.8 Å². The molecule has 112 valence electrons. The highest BCUT2D eigenvalue weighted by Gasteiger charge is 2.12. The first-order valence-corrected chi connectivity index (χ1v) is 7.30. The van der Waals surface area contributed by atoms with Crippen molar-refractivity contribution in [2.75, 3.05) is 0 Å². The van der Waals surface area contributed by atoms with Crippen LogP contribution in [0.3, 0.4) is 0 Å². The van der Waals surface area contributed by atoms with Crippen LogP contribution in [0, 0.1) is 6.92 Å². The predicted molar refractivity (Wildman–Crippen MR) is 87.0 cm³/mol. The molecule has 0 radical (unpaired) electrons. The summed E-state index contributed by atoms with van der Waals surface area (Å²) < 4.78 is 7.55. The molecule has 0 saturated heterocycles. The molecule has 0 unspecified atom stereocenters. The fraction of sp³-hybridized carbons (Fsp3) is 0.0556. The summed E-state index contributed by atoms with van der Waals surface area (Å²) in [4.78, 5) is 0. The standard InChI is InChI=1S/C18H14N4O/c1-13-7-9-14(10-8-13)17-20-21-18(23-17)15-11-19-22(12-15)16-5-3-2-4-6-16/h2-12H,1H3. The Morgan fingerprint density at radius 2 is 1.52 bits per heavy atom. The molecule has 0 amide bonds. The van der Waals surface area contributed by atoms with Crippen molar-refractivity contribution in [3.8, 4) is 28.6 Å². The van der Waals surface area contributed by atoms with E-state index < -0.39 is 0 Å². The molecule has 2 aromatic heterocycles. The van der Waals surface area contributed by atoms with Crippen LogP contribution in [0.15, 0.2) is 71.4 Å². The van der Waals surface area contributed by atoms with Gasteiger partial charge in [-0.3, -0.25) is 0 Å². The molecule has 0 aliphatic carbocycles. The van der Waals surface area contributed by atoms with Crippen LogP contribution in [0.1, 0.15) is 5.56 Å². The third-order valence-electron chi connectivity index (χ3n) is 3.57. The number of aryl methyl sites for hydroxylation is 1. The van der Waals surface area contributed by atoms with Crippen LogP contribution in [-0.4, -0.2) is 20.0 Å². The molecule has 0 bridgehead atoms. The molecule has 0 fully saturated rings. The topological polar surface area (TPSA) is 56.7 Å². The number of para-hydroxylation sites is 1. The molecule has 0 aliphatic heterocycles. The zero-order chi connectivity index (χ0) is 15.6. The van der Waals surface area contributed by atoms with E-state index in [0.717, 1.165) is 16.8 Å². The summed E-state index contributed by atoms with van der Waals surface area (Å²) in [7, 11) is 0. The Kier molecular flexibility index (Phi) is 3.24. The third-order valence-corrected chi connectivity index (χ3v) is 3.57. The summed E-state index contributed by atoms with van der Waals surface area (Å²) in [6.45, 7) is 2.04. The van der Waals surface area contributed by atoms with Crippen LogP contribution in [0.2, 0.25) is 0 Å². The second kappa shape index (κ2) is 5.53. The molecular formula is C18H14N4O. The van der Waals surface area contributed by atoms with E-state index in [2.05, 4.69) is 15.3 Å². The molecule has 0 aliphatic rings. The first kappa shape index (κ1) is 13.5. The Bertz CT molecular complexity index is 923. The Morgan fingerprint density at radius 1 is 0.826 bits per heavy atom. The fourth-order valence-electron chi connectivity index (χ4n) is 2.31. The minimum absolute atomic E-state index is 0.461. The fourth-order valence-corrected chi connectivity index (χ4v) is 2.31. The Balaban J connectivity index is 1.65. The van der Waals surface area contributed by atoms with Crippen molar-refractivity contribution >= 4 is 0 Å². The number of nitrogens with zero attached hydrogens (tertiary/aromatic N) is 4. The van der Waals surface area contributed by atoms with Gasteiger partial charge in [0.1, 0.15) is 0 Å². The summed E-state index contributed by atoms with van der Waals surface area (Å²) in [6.07, 6.45) is 3.60. The minimum Gasteiger partial charge on any atom is -0.416 e.